The number of nitrogens with one attached hydrogen (secondary N) is 1. The highest BCUT2D eigenvalue weighted by Gasteiger charge is 2.39. The molecule has 2 fully saturated rings. The zero-order valence-corrected chi connectivity index (χ0v) is 15.9. The summed E-state index contributed by atoms with van der Waals surface area (Å²) in [4.78, 5) is 13.9. The van der Waals surface area contributed by atoms with Crippen LogP contribution in [0.25, 0.3) is 11.0 Å². The molecule has 26 heavy (non-hydrogen) atoms. The van der Waals surface area contributed by atoms with E-state index in [1.54, 1.807) is 17.7 Å². The molecule has 0 radical (unpaired) electrons. The molecule has 0 unspecified atom stereocenters. The maximum atomic E-state index is 12.6. The monoisotopic (exact) mass is 379 g/mol. The minimum absolute atomic E-state index is 0.0339. The van der Waals surface area contributed by atoms with Crippen LogP contribution in [0.2, 0.25) is 0 Å². The van der Waals surface area contributed by atoms with Crippen LogP contribution in [0, 0.1) is 5.92 Å². The molecule has 1 saturated carbocycles. The van der Waals surface area contributed by atoms with Crippen LogP contribution in [0.5, 0.6) is 0 Å². The van der Waals surface area contributed by atoms with Crippen LogP contribution in [0.15, 0.2) is 18.6 Å². The van der Waals surface area contributed by atoms with Gasteiger partial charge in [-0.3, -0.25) is 0 Å². The highest BCUT2D eigenvalue weighted by Crippen LogP contribution is 2.36. The third kappa shape index (κ3) is 3.19. The van der Waals surface area contributed by atoms with Gasteiger partial charge >= 0.3 is 0 Å². The number of H-pyrrole nitrogens is 1. The van der Waals surface area contributed by atoms with E-state index in [0.717, 1.165) is 36.1 Å². The van der Waals surface area contributed by atoms with Crippen LogP contribution in [0.1, 0.15) is 19.3 Å². The van der Waals surface area contributed by atoms with E-state index in [2.05, 4.69) is 19.9 Å². The normalized spacial score (nSPS) is 26.9. The number of sulfonamides is 1. The second kappa shape index (κ2) is 6.79. The molecule has 4 rings (SSSR count). The van der Waals surface area contributed by atoms with Gasteiger partial charge in [-0.1, -0.05) is 0 Å². The molecule has 2 aromatic rings. The van der Waals surface area contributed by atoms with E-state index >= 15 is 0 Å². The van der Waals surface area contributed by atoms with Crippen molar-refractivity contribution in [1.29, 1.82) is 0 Å². The number of methoxy groups -OCH3 is 1. The largest absolute Gasteiger partial charge is 0.380 e. The van der Waals surface area contributed by atoms with Gasteiger partial charge in [-0.2, -0.15) is 4.31 Å². The maximum absolute atomic E-state index is 12.6. The van der Waals surface area contributed by atoms with Crippen molar-refractivity contribution >= 4 is 26.9 Å². The van der Waals surface area contributed by atoms with Crippen LogP contribution in [-0.4, -0.2) is 72.8 Å². The Labute approximate surface area is 153 Å². The molecule has 0 amide bonds. The maximum Gasteiger partial charge on any atom is 0.214 e. The van der Waals surface area contributed by atoms with Crippen molar-refractivity contribution < 1.29 is 13.2 Å². The number of ether oxygens (including phenoxy) is 1. The molecular weight excluding hydrogens is 354 g/mol. The zero-order chi connectivity index (χ0) is 18.3. The Hall–Kier alpha value is -1.71. The first-order chi connectivity index (χ1) is 12.5. The summed E-state index contributed by atoms with van der Waals surface area (Å²) in [6.07, 6.45) is 5.97. The lowest BCUT2D eigenvalue weighted by molar-refractivity contribution is 0.115. The molecule has 1 saturated heterocycles. The third-order valence-electron chi connectivity index (χ3n) is 5.71. The topological polar surface area (TPSA) is 91.4 Å². The Morgan fingerprint density at radius 2 is 2.19 bits per heavy atom. The molecule has 2 aliphatic rings. The lowest BCUT2D eigenvalue weighted by atomic mass is 9.81. The number of aromatic amines is 1. The minimum Gasteiger partial charge on any atom is -0.380 e. The van der Waals surface area contributed by atoms with E-state index < -0.39 is 10.0 Å². The number of rotatable bonds is 6. The molecule has 1 aliphatic heterocycles. The van der Waals surface area contributed by atoms with Crippen LogP contribution < -0.4 is 4.90 Å². The Morgan fingerprint density at radius 1 is 1.38 bits per heavy atom. The van der Waals surface area contributed by atoms with E-state index in [1.807, 2.05) is 19.3 Å². The predicted octanol–water partition coefficient (Wildman–Crippen LogP) is 1.22. The van der Waals surface area contributed by atoms with E-state index in [-0.39, 0.29) is 17.8 Å². The van der Waals surface area contributed by atoms with Crippen molar-refractivity contribution in [2.24, 2.45) is 5.92 Å². The number of anilines is 1. The number of nitrogens with zero attached hydrogens (tertiary/aromatic N) is 4. The molecule has 142 valence electrons. The molecule has 1 aliphatic carbocycles. The lowest BCUT2D eigenvalue weighted by Gasteiger charge is -2.42. The second-order valence-corrected chi connectivity index (χ2v) is 9.34. The van der Waals surface area contributed by atoms with Crippen molar-refractivity contribution in [3.8, 4) is 0 Å². The summed E-state index contributed by atoms with van der Waals surface area (Å²) >= 11 is 0. The summed E-state index contributed by atoms with van der Waals surface area (Å²) in [5, 5.41) is 0.994. The minimum atomic E-state index is -3.20. The molecular formula is C17H25N5O3S. The molecule has 0 spiro atoms. The smallest absolute Gasteiger partial charge is 0.214 e. The molecule has 1 N–H and O–H groups in total. The van der Waals surface area contributed by atoms with Gasteiger partial charge in [0, 0.05) is 39.5 Å². The van der Waals surface area contributed by atoms with Crippen molar-refractivity contribution in [2.75, 3.05) is 37.9 Å². The first kappa shape index (κ1) is 17.7. The predicted molar refractivity (Wildman–Crippen MR) is 99.6 cm³/mol. The standard InChI is InChI=1S/C17H25N5O3S/c1-21(17-15-3-5-18-16(15)19-11-20-17)13-7-12(8-13)10-26(23,24)22-6-4-14(9-22)25-2/h3,5,11-14H,4,6-10H2,1-2H3,(H,18,19,20)/t12?,13?,14-/m1/s1. The Kier molecular flexibility index (Phi) is 4.62. The van der Waals surface area contributed by atoms with Crippen LogP contribution in [0.4, 0.5) is 5.82 Å². The Balaban J connectivity index is 1.36. The SMILES string of the molecule is CO[C@@H]1CCN(S(=O)(=O)CC2CC(N(C)c3ncnc4[nH]ccc34)C2)C1. The first-order valence-corrected chi connectivity index (χ1v) is 10.6. The summed E-state index contributed by atoms with van der Waals surface area (Å²) in [5.41, 5.74) is 0.821. The lowest BCUT2D eigenvalue weighted by Crippen LogP contribution is -2.46. The van der Waals surface area contributed by atoms with Gasteiger partial charge in [-0.05, 0) is 31.2 Å². The molecule has 0 aromatic carbocycles. The average molecular weight is 379 g/mol. The summed E-state index contributed by atoms with van der Waals surface area (Å²) in [6.45, 7) is 1.06. The van der Waals surface area contributed by atoms with Gasteiger partial charge in [0.25, 0.3) is 0 Å². The van der Waals surface area contributed by atoms with Gasteiger partial charge in [0.1, 0.15) is 17.8 Å². The highest BCUT2D eigenvalue weighted by atomic mass is 32.2. The molecule has 1 atom stereocenters. The number of fused-ring (bicyclic) bond motifs is 1. The molecule has 0 bridgehead atoms. The molecule has 2 aromatic heterocycles. The third-order valence-corrected chi connectivity index (χ3v) is 7.72. The number of hydrogen-bond acceptors (Lipinski definition) is 6. The highest BCUT2D eigenvalue weighted by molar-refractivity contribution is 7.89. The van der Waals surface area contributed by atoms with Gasteiger partial charge < -0.3 is 14.6 Å². The summed E-state index contributed by atoms with van der Waals surface area (Å²) in [6, 6.07) is 2.29. The van der Waals surface area contributed by atoms with E-state index in [1.165, 1.54) is 0 Å². The zero-order valence-electron chi connectivity index (χ0n) is 15.1. The van der Waals surface area contributed by atoms with Crippen molar-refractivity contribution in [2.45, 2.75) is 31.4 Å². The fraction of sp³-hybridized carbons (Fsp3) is 0.647. The van der Waals surface area contributed by atoms with E-state index in [9.17, 15) is 8.42 Å². The van der Waals surface area contributed by atoms with E-state index in [4.69, 9.17) is 4.74 Å². The van der Waals surface area contributed by atoms with E-state index in [0.29, 0.717) is 19.1 Å². The van der Waals surface area contributed by atoms with Crippen molar-refractivity contribution in [1.82, 2.24) is 19.3 Å². The van der Waals surface area contributed by atoms with Crippen molar-refractivity contribution in [3.05, 3.63) is 18.6 Å². The van der Waals surface area contributed by atoms with Crippen molar-refractivity contribution in [3.63, 3.8) is 0 Å². The fourth-order valence-corrected chi connectivity index (χ4v) is 5.87. The van der Waals surface area contributed by atoms with Gasteiger partial charge in [0.05, 0.1) is 17.2 Å². The summed E-state index contributed by atoms with van der Waals surface area (Å²) in [7, 11) is 0.464. The van der Waals surface area contributed by atoms with Crippen LogP contribution in [-0.2, 0) is 14.8 Å². The van der Waals surface area contributed by atoms with Gasteiger partial charge in [0.15, 0.2) is 0 Å². The van der Waals surface area contributed by atoms with Gasteiger partial charge in [0.2, 0.25) is 10.0 Å². The first-order valence-electron chi connectivity index (χ1n) is 8.99. The number of hydrogen-bond donors (Lipinski definition) is 1. The Bertz CT molecular complexity index is 877. The average Bonchev–Trinajstić information content (AvgIpc) is 3.25. The fourth-order valence-electron chi connectivity index (χ4n) is 4.01. The van der Waals surface area contributed by atoms with Gasteiger partial charge in [-0.25, -0.2) is 18.4 Å². The number of aromatic nitrogens is 3. The Morgan fingerprint density at radius 3 is 2.92 bits per heavy atom. The summed E-state index contributed by atoms with van der Waals surface area (Å²) < 4.78 is 32.1. The molecule has 8 nitrogen and oxygen atoms in total. The van der Waals surface area contributed by atoms with Crippen LogP contribution >= 0.6 is 0 Å². The summed E-state index contributed by atoms with van der Waals surface area (Å²) in [5.74, 6) is 1.33. The molecule has 9 heteroatoms. The second-order valence-electron chi connectivity index (χ2n) is 7.32. The van der Waals surface area contributed by atoms with Gasteiger partial charge in [-0.15, -0.1) is 0 Å². The van der Waals surface area contributed by atoms with Crippen LogP contribution in [0.3, 0.4) is 0 Å². The quantitative estimate of drug-likeness (QED) is 0.812. The molecule has 3 heterocycles.